The van der Waals surface area contributed by atoms with E-state index >= 15 is 0 Å². The van der Waals surface area contributed by atoms with Crippen molar-refractivity contribution in [2.45, 2.75) is 12.1 Å². The second-order valence-electron chi connectivity index (χ2n) is 4.50. The molecule has 0 aliphatic carbocycles. The van der Waals surface area contributed by atoms with Crippen LogP contribution in [0.25, 0.3) is 0 Å². The molecule has 0 saturated carbocycles. The molecule has 0 fully saturated rings. The molecule has 8 heteroatoms. The van der Waals surface area contributed by atoms with Gasteiger partial charge in [0, 0.05) is 0 Å². The maximum Gasteiger partial charge on any atom is 0.264 e. The van der Waals surface area contributed by atoms with Gasteiger partial charge in [-0.15, -0.1) is 0 Å². The molecule has 0 bridgehead atoms. The van der Waals surface area contributed by atoms with Crippen molar-refractivity contribution in [3.8, 4) is 11.5 Å². The third-order valence-electron chi connectivity index (χ3n) is 2.79. The Morgan fingerprint density at radius 2 is 2.00 bits per heavy atom. The molecule has 0 amide bonds. The van der Waals surface area contributed by atoms with Crippen LogP contribution in [0, 0.1) is 0 Å². The summed E-state index contributed by atoms with van der Waals surface area (Å²) >= 11 is 0. The maximum atomic E-state index is 10.9. The monoisotopic (exact) mass is 303 g/mol. The number of ether oxygens (including phenoxy) is 2. The molecule has 1 aromatic carbocycles. The summed E-state index contributed by atoms with van der Waals surface area (Å²) in [5, 5.41) is 10.1. The van der Waals surface area contributed by atoms with Crippen molar-refractivity contribution in [3.63, 3.8) is 0 Å². The molecule has 0 aromatic heterocycles. The summed E-state index contributed by atoms with van der Waals surface area (Å²) in [6, 6.07) is 4.09. The topological polar surface area (TPSA) is 108 Å². The highest BCUT2D eigenvalue weighted by Crippen LogP contribution is 2.33. The molecule has 1 aliphatic rings. The van der Waals surface area contributed by atoms with E-state index in [1.807, 2.05) is 0 Å². The predicted octanol–water partition coefficient (Wildman–Crippen LogP) is -0.205. The van der Waals surface area contributed by atoms with Crippen molar-refractivity contribution in [2.75, 3.05) is 26.1 Å². The number of rotatable bonds is 5. The first kappa shape index (κ1) is 15.0. The van der Waals surface area contributed by atoms with Crippen LogP contribution in [0.5, 0.6) is 11.5 Å². The largest absolute Gasteiger partial charge is 0.486 e. The number of aliphatic hydroxyl groups is 1. The molecule has 2 rings (SSSR count). The lowest BCUT2D eigenvalue weighted by molar-refractivity contribution is 0.117. The molecule has 2 unspecified atom stereocenters. The van der Waals surface area contributed by atoms with Crippen molar-refractivity contribution in [1.82, 2.24) is 0 Å². The average molecular weight is 303 g/mol. The third-order valence-corrected chi connectivity index (χ3v) is 3.35. The van der Waals surface area contributed by atoms with Crippen LogP contribution in [0.2, 0.25) is 0 Å². The Morgan fingerprint density at radius 1 is 1.35 bits per heavy atom. The van der Waals surface area contributed by atoms with Crippen LogP contribution in [-0.4, -0.2) is 45.6 Å². The van der Waals surface area contributed by atoms with Crippen molar-refractivity contribution in [3.05, 3.63) is 23.8 Å². The number of nitrogens with two attached hydrogens (primary N) is 1. The first-order valence-corrected chi connectivity index (χ1v) is 7.86. The van der Waals surface area contributed by atoms with Gasteiger partial charge in [0.1, 0.15) is 13.2 Å². The zero-order chi connectivity index (χ0) is 14.8. The first-order chi connectivity index (χ1) is 9.37. The summed E-state index contributed by atoms with van der Waals surface area (Å²) in [7, 11) is -3.59. The van der Waals surface area contributed by atoms with Gasteiger partial charge in [-0.1, -0.05) is 6.07 Å². The summed E-state index contributed by atoms with van der Waals surface area (Å²) in [6.07, 6.45) is -0.136. The van der Waals surface area contributed by atoms with Crippen LogP contribution in [0.1, 0.15) is 11.7 Å². The number of aliphatic hydroxyl groups excluding tert-OH is 1. The molecule has 20 heavy (non-hydrogen) atoms. The quantitative estimate of drug-likeness (QED) is 0.725. The van der Waals surface area contributed by atoms with Crippen molar-refractivity contribution >= 4 is 10.1 Å². The highest BCUT2D eigenvalue weighted by atomic mass is 32.2. The van der Waals surface area contributed by atoms with Crippen LogP contribution in [0.4, 0.5) is 0 Å². The first-order valence-electron chi connectivity index (χ1n) is 6.04. The summed E-state index contributed by atoms with van der Waals surface area (Å²) in [5.74, 6) is 1.14. The predicted molar refractivity (Wildman–Crippen MR) is 71.2 cm³/mol. The van der Waals surface area contributed by atoms with Crippen molar-refractivity contribution < 1.29 is 27.2 Å². The van der Waals surface area contributed by atoms with Gasteiger partial charge in [-0.3, -0.25) is 4.18 Å². The second kappa shape index (κ2) is 5.96. The Hall–Kier alpha value is -1.35. The number of hydrogen-bond donors (Lipinski definition) is 2. The maximum absolute atomic E-state index is 10.9. The Kier molecular flexibility index (Phi) is 4.48. The molecule has 0 saturated heterocycles. The molecule has 3 N–H and O–H groups in total. The SMILES string of the molecule is CS(=O)(=O)OCC(N)C(O)c1ccc2c(c1)OCCO2. The van der Waals surface area contributed by atoms with Crippen molar-refractivity contribution in [1.29, 1.82) is 0 Å². The normalized spacial score (nSPS) is 17.6. The molecule has 1 aliphatic heterocycles. The van der Waals surface area contributed by atoms with E-state index in [9.17, 15) is 13.5 Å². The Morgan fingerprint density at radius 3 is 2.65 bits per heavy atom. The Labute approximate surface area is 117 Å². The average Bonchev–Trinajstić information content (AvgIpc) is 2.42. The lowest BCUT2D eigenvalue weighted by Crippen LogP contribution is -2.34. The van der Waals surface area contributed by atoms with E-state index in [4.69, 9.17) is 15.2 Å². The van der Waals surface area contributed by atoms with Crippen LogP contribution >= 0.6 is 0 Å². The van der Waals surface area contributed by atoms with Gasteiger partial charge >= 0.3 is 0 Å². The molecule has 0 spiro atoms. The van der Waals surface area contributed by atoms with Crippen LogP contribution in [0.15, 0.2) is 18.2 Å². The standard InChI is InChI=1S/C12H17NO6S/c1-20(15,16)19-7-9(13)12(14)8-2-3-10-11(6-8)18-5-4-17-10/h2-3,6,9,12,14H,4-5,7,13H2,1H3. The fraction of sp³-hybridized carbons (Fsp3) is 0.500. The summed E-state index contributed by atoms with van der Waals surface area (Å²) < 4.78 is 37.1. The van der Waals surface area contributed by atoms with E-state index in [1.54, 1.807) is 18.2 Å². The lowest BCUT2D eigenvalue weighted by Gasteiger charge is -2.22. The van der Waals surface area contributed by atoms with Gasteiger partial charge in [0.15, 0.2) is 11.5 Å². The van der Waals surface area contributed by atoms with Gasteiger partial charge in [-0.25, -0.2) is 0 Å². The minimum atomic E-state index is -3.59. The van der Waals surface area contributed by atoms with Gasteiger partial charge in [0.25, 0.3) is 10.1 Å². The van der Waals surface area contributed by atoms with E-state index in [1.165, 1.54) is 0 Å². The molecular formula is C12H17NO6S. The van der Waals surface area contributed by atoms with Gasteiger partial charge in [-0.05, 0) is 17.7 Å². The third kappa shape index (κ3) is 3.83. The van der Waals surface area contributed by atoms with Crippen LogP contribution in [0.3, 0.4) is 0 Å². The highest BCUT2D eigenvalue weighted by Gasteiger charge is 2.21. The molecule has 7 nitrogen and oxygen atoms in total. The molecule has 1 heterocycles. The fourth-order valence-electron chi connectivity index (χ4n) is 1.78. The van der Waals surface area contributed by atoms with E-state index in [0.29, 0.717) is 30.3 Å². The number of hydrogen-bond acceptors (Lipinski definition) is 7. The summed E-state index contributed by atoms with van der Waals surface area (Å²) in [5.41, 5.74) is 6.23. The minimum Gasteiger partial charge on any atom is -0.486 e. The fourth-order valence-corrected chi connectivity index (χ4v) is 2.19. The van der Waals surface area contributed by atoms with Crippen LogP contribution < -0.4 is 15.2 Å². The van der Waals surface area contributed by atoms with Gasteiger partial charge in [0.2, 0.25) is 0 Å². The number of fused-ring (bicyclic) bond motifs is 1. The lowest BCUT2D eigenvalue weighted by atomic mass is 10.0. The van der Waals surface area contributed by atoms with Gasteiger partial charge < -0.3 is 20.3 Å². The Bertz CT molecular complexity index is 573. The van der Waals surface area contributed by atoms with E-state index < -0.39 is 22.3 Å². The molecule has 2 atom stereocenters. The van der Waals surface area contributed by atoms with E-state index in [2.05, 4.69) is 4.18 Å². The van der Waals surface area contributed by atoms with E-state index in [0.717, 1.165) is 6.26 Å². The minimum absolute atomic E-state index is 0.297. The second-order valence-corrected chi connectivity index (χ2v) is 6.14. The molecule has 112 valence electrons. The summed E-state index contributed by atoms with van der Waals surface area (Å²) in [6.45, 7) is 0.626. The zero-order valence-electron chi connectivity index (χ0n) is 11.0. The molecule has 1 aromatic rings. The summed E-state index contributed by atoms with van der Waals surface area (Å²) in [4.78, 5) is 0. The number of benzene rings is 1. The smallest absolute Gasteiger partial charge is 0.264 e. The highest BCUT2D eigenvalue weighted by molar-refractivity contribution is 7.85. The molecular weight excluding hydrogens is 286 g/mol. The van der Waals surface area contributed by atoms with Crippen LogP contribution in [-0.2, 0) is 14.3 Å². The molecule has 0 radical (unpaired) electrons. The van der Waals surface area contributed by atoms with Gasteiger partial charge in [-0.2, -0.15) is 8.42 Å². The zero-order valence-corrected chi connectivity index (χ0v) is 11.8. The Balaban J connectivity index is 2.06. The van der Waals surface area contributed by atoms with Crippen molar-refractivity contribution in [2.24, 2.45) is 5.73 Å². The van der Waals surface area contributed by atoms with E-state index in [-0.39, 0.29) is 6.61 Å². The van der Waals surface area contributed by atoms with Gasteiger partial charge in [0.05, 0.1) is 25.0 Å².